The fraction of sp³-hybridized carbons (Fsp3) is 0.600. The number of carbonyl (C=O) groups excluding carboxylic acids is 1. The number of carbonyl (C=O) groups is 1. The molecule has 1 aromatic rings. The molecule has 3 rings (SSSR count). The van der Waals surface area contributed by atoms with Crippen LogP contribution < -0.4 is 20.1 Å². The zero-order valence-electron chi connectivity index (χ0n) is 16.7. The van der Waals surface area contributed by atoms with Crippen LogP contribution in [0.1, 0.15) is 45.1 Å². The summed E-state index contributed by atoms with van der Waals surface area (Å²) in [6.07, 6.45) is 3.93. The minimum atomic E-state index is 0. The molecular weight excluding hydrogens is 471 g/mol. The van der Waals surface area contributed by atoms with Crippen LogP contribution in [-0.2, 0) is 11.3 Å². The number of halogens is 1. The smallest absolute Gasteiger partial charge is 0.231 e. The number of guanidine groups is 1. The fourth-order valence-electron chi connectivity index (χ4n) is 3.45. The molecule has 28 heavy (non-hydrogen) atoms. The highest BCUT2D eigenvalue weighted by atomic mass is 127. The van der Waals surface area contributed by atoms with E-state index < -0.39 is 0 Å². The zero-order valence-corrected chi connectivity index (χ0v) is 19.0. The molecular formula is C20H31IN4O3. The lowest BCUT2D eigenvalue weighted by Gasteiger charge is -2.33. The first-order valence-electron chi connectivity index (χ1n) is 9.87. The molecule has 1 fully saturated rings. The number of ether oxygens (including phenoxy) is 2. The summed E-state index contributed by atoms with van der Waals surface area (Å²) in [5, 5.41) is 6.49. The minimum Gasteiger partial charge on any atom is -0.454 e. The molecule has 8 heteroatoms. The molecule has 0 spiro atoms. The SMILES string of the molecule is CCNC(=NCc1ccc2c(c1)OCO2)NCCC(=O)N1CCCCC1C.I. The lowest BCUT2D eigenvalue weighted by atomic mass is 10.0. The summed E-state index contributed by atoms with van der Waals surface area (Å²) in [5.41, 5.74) is 1.05. The maximum absolute atomic E-state index is 12.4. The standard InChI is InChI=1S/C20H30N4O3.HI/c1-3-21-20(22-10-9-19(25)24-11-5-4-6-15(24)2)23-13-16-7-8-17-18(12-16)27-14-26-17;/h7-8,12,15H,3-6,9-11,13-14H2,1-2H3,(H2,21,22,23);1H. The van der Waals surface area contributed by atoms with Crippen LogP contribution in [0.2, 0.25) is 0 Å². The van der Waals surface area contributed by atoms with Gasteiger partial charge in [-0.05, 0) is 50.8 Å². The molecule has 0 aromatic heterocycles. The number of nitrogens with one attached hydrogen (secondary N) is 2. The molecule has 0 saturated carbocycles. The van der Waals surface area contributed by atoms with Crippen LogP contribution in [0.15, 0.2) is 23.2 Å². The molecule has 1 aromatic carbocycles. The van der Waals surface area contributed by atoms with E-state index in [2.05, 4.69) is 22.5 Å². The van der Waals surface area contributed by atoms with Crippen molar-refractivity contribution in [2.45, 2.75) is 52.1 Å². The summed E-state index contributed by atoms with van der Waals surface area (Å²) in [6.45, 7) is 7.20. The van der Waals surface area contributed by atoms with Crippen molar-refractivity contribution < 1.29 is 14.3 Å². The monoisotopic (exact) mass is 502 g/mol. The Labute approximate surface area is 184 Å². The van der Waals surface area contributed by atoms with Crippen molar-refractivity contribution in [3.05, 3.63) is 23.8 Å². The molecule has 1 saturated heterocycles. The highest BCUT2D eigenvalue weighted by Crippen LogP contribution is 2.32. The van der Waals surface area contributed by atoms with E-state index in [-0.39, 0.29) is 36.7 Å². The maximum atomic E-state index is 12.4. The molecule has 1 amide bonds. The first kappa shape index (κ1) is 22.6. The van der Waals surface area contributed by atoms with Crippen molar-refractivity contribution in [2.24, 2.45) is 4.99 Å². The molecule has 1 unspecified atom stereocenters. The molecule has 0 aliphatic carbocycles. The molecule has 2 N–H and O–H groups in total. The van der Waals surface area contributed by atoms with Crippen molar-refractivity contribution in [3.8, 4) is 11.5 Å². The number of aliphatic imine (C=N–C) groups is 1. The molecule has 2 aliphatic heterocycles. The quantitative estimate of drug-likeness (QED) is 0.356. The lowest BCUT2D eigenvalue weighted by molar-refractivity contribution is -0.134. The van der Waals surface area contributed by atoms with Gasteiger partial charge in [-0.1, -0.05) is 6.07 Å². The molecule has 1 atom stereocenters. The third-order valence-corrected chi connectivity index (χ3v) is 4.96. The number of rotatable bonds is 6. The number of likely N-dealkylation sites (tertiary alicyclic amines) is 1. The van der Waals surface area contributed by atoms with Crippen LogP contribution >= 0.6 is 24.0 Å². The topological polar surface area (TPSA) is 75.2 Å². The largest absolute Gasteiger partial charge is 0.454 e. The number of piperidine rings is 1. The van der Waals surface area contributed by atoms with E-state index in [4.69, 9.17) is 9.47 Å². The summed E-state index contributed by atoms with van der Waals surface area (Å²) < 4.78 is 10.7. The van der Waals surface area contributed by atoms with Gasteiger partial charge < -0.3 is 25.0 Å². The van der Waals surface area contributed by atoms with Crippen molar-refractivity contribution in [3.63, 3.8) is 0 Å². The number of amides is 1. The third-order valence-electron chi connectivity index (χ3n) is 4.96. The van der Waals surface area contributed by atoms with Gasteiger partial charge in [0.2, 0.25) is 12.7 Å². The Morgan fingerprint density at radius 1 is 1.25 bits per heavy atom. The fourth-order valence-corrected chi connectivity index (χ4v) is 3.45. The highest BCUT2D eigenvalue weighted by molar-refractivity contribution is 14.0. The first-order valence-corrected chi connectivity index (χ1v) is 9.87. The van der Waals surface area contributed by atoms with E-state index in [0.29, 0.717) is 25.6 Å². The van der Waals surface area contributed by atoms with E-state index in [9.17, 15) is 4.79 Å². The number of hydrogen-bond donors (Lipinski definition) is 2. The minimum absolute atomic E-state index is 0. The zero-order chi connectivity index (χ0) is 19.1. The van der Waals surface area contributed by atoms with E-state index in [1.165, 1.54) is 6.42 Å². The van der Waals surface area contributed by atoms with Gasteiger partial charge in [0, 0.05) is 32.1 Å². The van der Waals surface area contributed by atoms with Crippen molar-refractivity contribution in [1.29, 1.82) is 0 Å². The van der Waals surface area contributed by atoms with E-state index in [1.807, 2.05) is 30.0 Å². The average molecular weight is 502 g/mol. The van der Waals surface area contributed by atoms with Gasteiger partial charge in [0.15, 0.2) is 17.5 Å². The summed E-state index contributed by atoms with van der Waals surface area (Å²) in [6, 6.07) is 6.21. The van der Waals surface area contributed by atoms with Gasteiger partial charge in [-0.2, -0.15) is 0 Å². The Morgan fingerprint density at radius 2 is 2.07 bits per heavy atom. The summed E-state index contributed by atoms with van der Waals surface area (Å²) in [7, 11) is 0. The Morgan fingerprint density at radius 3 is 2.86 bits per heavy atom. The van der Waals surface area contributed by atoms with E-state index >= 15 is 0 Å². The van der Waals surface area contributed by atoms with E-state index in [0.717, 1.165) is 49.0 Å². The predicted molar refractivity (Wildman–Crippen MR) is 120 cm³/mol. The van der Waals surface area contributed by atoms with E-state index in [1.54, 1.807) is 0 Å². The van der Waals surface area contributed by atoms with Crippen LogP contribution in [-0.4, -0.2) is 49.2 Å². The molecule has 7 nitrogen and oxygen atoms in total. The highest BCUT2D eigenvalue weighted by Gasteiger charge is 2.22. The normalized spacial score (nSPS) is 18.4. The van der Waals surface area contributed by atoms with Crippen LogP contribution in [0, 0.1) is 0 Å². The van der Waals surface area contributed by atoms with Gasteiger partial charge in [0.25, 0.3) is 0 Å². The van der Waals surface area contributed by atoms with Gasteiger partial charge in [-0.3, -0.25) is 4.79 Å². The molecule has 2 heterocycles. The number of fused-ring (bicyclic) bond motifs is 1. The summed E-state index contributed by atoms with van der Waals surface area (Å²) in [4.78, 5) is 19.1. The average Bonchev–Trinajstić information content (AvgIpc) is 3.14. The van der Waals surface area contributed by atoms with Crippen molar-refractivity contribution in [1.82, 2.24) is 15.5 Å². The van der Waals surface area contributed by atoms with Gasteiger partial charge in [-0.25, -0.2) is 4.99 Å². The van der Waals surface area contributed by atoms with Gasteiger partial charge in [-0.15, -0.1) is 24.0 Å². The van der Waals surface area contributed by atoms with Gasteiger partial charge >= 0.3 is 0 Å². The summed E-state index contributed by atoms with van der Waals surface area (Å²) in [5.74, 6) is 2.48. The molecule has 0 bridgehead atoms. The van der Waals surface area contributed by atoms with Crippen LogP contribution in [0.25, 0.3) is 0 Å². The van der Waals surface area contributed by atoms with Crippen LogP contribution in [0.4, 0.5) is 0 Å². The second kappa shape index (κ2) is 11.3. The second-order valence-electron chi connectivity index (χ2n) is 6.99. The Bertz CT molecular complexity index is 683. The maximum Gasteiger partial charge on any atom is 0.231 e. The van der Waals surface area contributed by atoms with Crippen LogP contribution in [0.3, 0.4) is 0 Å². The Hall–Kier alpha value is -1.71. The molecule has 0 radical (unpaired) electrons. The van der Waals surface area contributed by atoms with Crippen molar-refractivity contribution in [2.75, 3.05) is 26.4 Å². The number of hydrogen-bond acceptors (Lipinski definition) is 4. The molecule has 2 aliphatic rings. The lowest BCUT2D eigenvalue weighted by Crippen LogP contribution is -2.44. The Kier molecular flexibility index (Phi) is 9.14. The Balaban J connectivity index is 0.00000280. The van der Waals surface area contributed by atoms with Crippen LogP contribution in [0.5, 0.6) is 11.5 Å². The second-order valence-corrected chi connectivity index (χ2v) is 6.99. The summed E-state index contributed by atoms with van der Waals surface area (Å²) >= 11 is 0. The number of benzene rings is 1. The first-order chi connectivity index (χ1) is 13.2. The number of nitrogens with zero attached hydrogens (tertiary/aromatic N) is 2. The molecule has 156 valence electrons. The van der Waals surface area contributed by atoms with Crippen molar-refractivity contribution >= 4 is 35.8 Å². The van der Waals surface area contributed by atoms with Gasteiger partial charge in [0.05, 0.1) is 6.54 Å². The van der Waals surface area contributed by atoms with Gasteiger partial charge in [0.1, 0.15) is 0 Å². The predicted octanol–water partition coefficient (Wildman–Crippen LogP) is 2.88. The third kappa shape index (κ3) is 6.15.